The first kappa shape index (κ1) is 16.8. The predicted octanol–water partition coefficient (Wildman–Crippen LogP) is 1.64. The summed E-state index contributed by atoms with van der Waals surface area (Å²) < 4.78 is 5.30. The van der Waals surface area contributed by atoms with Crippen LogP contribution in [0.1, 0.15) is 31.9 Å². The lowest BCUT2D eigenvalue weighted by molar-refractivity contribution is -0.124. The van der Waals surface area contributed by atoms with Crippen LogP contribution < -0.4 is 10.5 Å². The van der Waals surface area contributed by atoms with Gasteiger partial charge in [0, 0.05) is 32.2 Å². The van der Waals surface area contributed by atoms with Crippen molar-refractivity contribution >= 4 is 5.91 Å². The fourth-order valence-electron chi connectivity index (χ4n) is 3.19. The molecule has 2 atom stereocenters. The maximum Gasteiger partial charge on any atom is 0.234 e. The monoisotopic (exact) mass is 305 g/mol. The smallest absolute Gasteiger partial charge is 0.234 e. The number of amides is 1. The molecule has 1 aromatic rings. The summed E-state index contributed by atoms with van der Waals surface area (Å²) in [5.74, 6) is 0.680. The highest BCUT2D eigenvalue weighted by Gasteiger charge is 2.28. The number of primary amides is 1. The molecule has 2 N–H and O–H groups in total. The lowest BCUT2D eigenvalue weighted by Crippen LogP contribution is -2.54. The van der Waals surface area contributed by atoms with E-state index in [9.17, 15) is 4.79 Å². The van der Waals surface area contributed by atoms with Crippen LogP contribution in [-0.4, -0.2) is 55.0 Å². The SMILES string of the molecule is CC[C@H](C(N)=O)N1CCN([C@H](C)c2cccc(OC)c2)CC1. The first-order chi connectivity index (χ1) is 10.6. The second-order valence-corrected chi connectivity index (χ2v) is 5.85. The highest BCUT2D eigenvalue weighted by Crippen LogP contribution is 2.25. The molecule has 22 heavy (non-hydrogen) atoms. The lowest BCUT2D eigenvalue weighted by atomic mass is 10.0. The van der Waals surface area contributed by atoms with E-state index < -0.39 is 0 Å². The maximum atomic E-state index is 11.5. The third-order valence-electron chi connectivity index (χ3n) is 4.63. The Hall–Kier alpha value is -1.59. The van der Waals surface area contributed by atoms with Crippen molar-refractivity contribution < 1.29 is 9.53 Å². The number of benzene rings is 1. The summed E-state index contributed by atoms with van der Waals surface area (Å²) >= 11 is 0. The fourth-order valence-corrected chi connectivity index (χ4v) is 3.19. The van der Waals surface area contributed by atoms with Crippen molar-refractivity contribution in [3.05, 3.63) is 29.8 Å². The van der Waals surface area contributed by atoms with Crippen molar-refractivity contribution in [3.8, 4) is 5.75 Å². The van der Waals surface area contributed by atoms with E-state index in [1.165, 1.54) is 5.56 Å². The molecule has 0 radical (unpaired) electrons. The Balaban J connectivity index is 1.97. The Morgan fingerprint density at radius 3 is 2.45 bits per heavy atom. The normalized spacial score (nSPS) is 19.6. The van der Waals surface area contributed by atoms with Crippen LogP contribution in [0, 0.1) is 0 Å². The molecule has 1 fully saturated rings. The summed E-state index contributed by atoms with van der Waals surface area (Å²) in [6, 6.07) is 8.43. The Morgan fingerprint density at radius 2 is 1.91 bits per heavy atom. The molecule has 5 nitrogen and oxygen atoms in total. The van der Waals surface area contributed by atoms with Crippen LogP contribution in [0.25, 0.3) is 0 Å². The van der Waals surface area contributed by atoms with Crippen LogP contribution in [0.15, 0.2) is 24.3 Å². The molecule has 0 spiro atoms. The van der Waals surface area contributed by atoms with Crippen LogP contribution in [0.2, 0.25) is 0 Å². The minimum absolute atomic E-state index is 0.130. The summed E-state index contributed by atoms with van der Waals surface area (Å²) in [7, 11) is 1.69. The number of carbonyl (C=O) groups is 1. The molecule has 1 aromatic carbocycles. The van der Waals surface area contributed by atoms with E-state index >= 15 is 0 Å². The molecule has 1 aliphatic heterocycles. The molecule has 5 heteroatoms. The van der Waals surface area contributed by atoms with Crippen LogP contribution in [0.3, 0.4) is 0 Å². The molecule has 122 valence electrons. The number of piperazine rings is 1. The third-order valence-corrected chi connectivity index (χ3v) is 4.63. The van der Waals surface area contributed by atoms with Gasteiger partial charge < -0.3 is 10.5 Å². The molecule has 1 heterocycles. The van der Waals surface area contributed by atoms with Gasteiger partial charge in [-0.3, -0.25) is 14.6 Å². The Kier molecular flexibility index (Phi) is 5.80. The molecule has 1 amide bonds. The number of hydrogen-bond acceptors (Lipinski definition) is 4. The quantitative estimate of drug-likeness (QED) is 0.868. The van der Waals surface area contributed by atoms with Gasteiger partial charge in [0.2, 0.25) is 5.91 Å². The lowest BCUT2D eigenvalue weighted by Gasteiger charge is -2.40. The molecule has 0 aromatic heterocycles. The molecule has 0 saturated carbocycles. The van der Waals surface area contributed by atoms with Crippen LogP contribution >= 0.6 is 0 Å². The van der Waals surface area contributed by atoms with E-state index in [4.69, 9.17) is 10.5 Å². The van der Waals surface area contributed by atoms with Crippen LogP contribution in [0.5, 0.6) is 5.75 Å². The van der Waals surface area contributed by atoms with Gasteiger partial charge in [0.1, 0.15) is 5.75 Å². The number of carbonyl (C=O) groups excluding carboxylic acids is 1. The zero-order valence-corrected chi connectivity index (χ0v) is 13.8. The van der Waals surface area contributed by atoms with Gasteiger partial charge in [-0.15, -0.1) is 0 Å². The van der Waals surface area contributed by atoms with E-state index in [-0.39, 0.29) is 11.9 Å². The largest absolute Gasteiger partial charge is 0.497 e. The first-order valence-electron chi connectivity index (χ1n) is 7.98. The number of nitrogens with two attached hydrogens (primary N) is 1. The first-order valence-corrected chi connectivity index (χ1v) is 7.98. The highest BCUT2D eigenvalue weighted by molar-refractivity contribution is 5.79. The number of hydrogen-bond donors (Lipinski definition) is 1. The average molecular weight is 305 g/mol. The summed E-state index contributed by atoms with van der Waals surface area (Å²) in [5.41, 5.74) is 6.75. The summed E-state index contributed by atoms with van der Waals surface area (Å²) in [6.07, 6.45) is 0.779. The van der Waals surface area contributed by atoms with E-state index in [0.29, 0.717) is 6.04 Å². The van der Waals surface area contributed by atoms with Crippen molar-refractivity contribution in [2.24, 2.45) is 5.73 Å². The van der Waals surface area contributed by atoms with Gasteiger partial charge in [-0.25, -0.2) is 0 Å². The van der Waals surface area contributed by atoms with E-state index in [1.807, 2.05) is 19.1 Å². The molecule has 0 bridgehead atoms. The van der Waals surface area contributed by atoms with Crippen LogP contribution in [-0.2, 0) is 4.79 Å². The summed E-state index contributed by atoms with van der Waals surface area (Å²) in [5, 5.41) is 0. The molecule has 0 unspecified atom stereocenters. The Bertz CT molecular complexity index is 498. The van der Waals surface area contributed by atoms with Crippen molar-refractivity contribution in [3.63, 3.8) is 0 Å². The topological polar surface area (TPSA) is 58.8 Å². The van der Waals surface area contributed by atoms with Crippen molar-refractivity contribution in [2.75, 3.05) is 33.3 Å². The minimum Gasteiger partial charge on any atom is -0.497 e. The van der Waals surface area contributed by atoms with Gasteiger partial charge >= 0.3 is 0 Å². The molecule has 2 rings (SSSR count). The van der Waals surface area contributed by atoms with Gasteiger partial charge in [-0.2, -0.15) is 0 Å². The second kappa shape index (κ2) is 7.61. The molecule has 0 aliphatic carbocycles. The summed E-state index contributed by atoms with van der Waals surface area (Å²) in [4.78, 5) is 16.1. The van der Waals surface area contributed by atoms with E-state index in [1.54, 1.807) is 7.11 Å². The molecular weight excluding hydrogens is 278 g/mol. The van der Waals surface area contributed by atoms with Gasteiger partial charge in [-0.1, -0.05) is 19.1 Å². The zero-order valence-electron chi connectivity index (χ0n) is 13.8. The van der Waals surface area contributed by atoms with Gasteiger partial charge in [0.15, 0.2) is 0 Å². The standard InChI is InChI=1S/C17H27N3O2/c1-4-16(17(18)21)20-10-8-19(9-11-20)13(2)14-6-5-7-15(12-14)22-3/h5-7,12-13,16H,4,8-11H2,1-3H3,(H2,18,21)/t13-,16-/m1/s1. The van der Waals surface area contributed by atoms with Gasteiger partial charge in [0.05, 0.1) is 13.2 Å². The highest BCUT2D eigenvalue weighted by atomic mass is 16.5. The van der Waals surface area contributed by atoms with Crippen molar-refractivity contribution in [1.29, 1.82) is 0 Å². The Morgan fingerprint density at radius 1 is 1.27 bits per heavy atom. The Labute approximate surface area is 133 Å². The van der Waals surface area contributed by atoms with Crippen molar-refractivity contribution in [1.82, 2.24) is 9.80 Å². The maximum absolute atomic E-state index is 11.5. The van der Waals surface area contributed by atoms with Crippen molar-refractivity contribution in [2.45, 2.75) is 32.4 Å². The zero-order chi connectivity index (χ0) is 16.1. The number of methoxy groups -OCH3 is 1. The fraction of sp³-hybridized carbons (Fsp3) is 0.588. The summed E-state index contributed by atoms with van der Waals surface area (Å²) in [6.45, 7) is 7.90. The number of nitrogens with zero attached hydrogens (tertiary/aromatic N) is 2. The molecule has 1 saturated heterocycles. The molecule has 1 aliphatic rings. The van der Waals surface area contributed by atoms with Crippen LogP contribution in [0.4, 0.5) is 0 Å². The van der Waals surface area contributed by atoms with Gasteiger partial charge in [-0.05, 0) is 31.0 Å². The van der Waals surface area contributed by atoms with E-state index in [0.717, 1.165) is 38.3 Å². The van der Waals surface area contributed by atoms with E-state index in [2.05, 4.69) is 28.9 Å². The molecular formula is C17H27N3O2. The third kappa shape index (κ3) is 3.78. The second-order valence-electron chi connectivity index (χ2n) is 5.85. The number of rotatable bonds is 6. The van der Waals surface area contributed by atoms with Gasteiger partial charge in [0.25, 0.3) is 0 Å². The number of ether oxygens (including phenoxy) is 1. The predicted molar refractivity (Wildman–Crippen MR) is 87.8 cm³/mol. The minimum atomic E-state index is -0.211. The average Bonchev–Trinajstić information content (AvgIpc) is 2.55.